The average Bonchev–Trinajstić information content (AvgIpc) is 2.44. The summed E-state index contributed by atoms with van der Waals surface area (Å²) < 4.78 is 10.6. The van der Waals surface area contributed by atoms with Crippen LogP contribution in [-0.2, 0) is 6.42 Å². The summed E-state index contributed by atoms with van der Waals surface area (Å²) in [6.45, 7) is 7.71. The molecule has 19 heavy (non-hydrogen) atoms. The van der Waals surface area contributed by atoms with E-state index in [1.807, 2.05) is 6.07 Å². The van der Waals surface area contributed by atoms with Gasteiger partial charge in [0.05, 0.1) is 14.2 Å². The summed E-state index contributed by atoms with van der Waals surface area (Å²) in [5.41, 5.74) is 1.29. The van der Waals surface area contributed by atoms with Gasteiger partial charge in [-0.3, -0.25) is 0 Å². The quantitative estimate of drug-likeness (QED) is 0.782. The van der Waals surface area contributed by atoms with Crippen molar-refractivity contribution in [1.29, 1.82) is 0 Å². The van der Waals surface area contributed by atoms with Crippen LogP contribution in [0.5, 0.6) is 11.5 Å². The molecule has 0 radical (unpaired) electrons. The van der Waals surface area contributed by atoms with Crippen molar-refractivity contribution in [2.45, 2.75) is 39.7 Å². The average molecular weight is 265 g/mol. The summed E-state index contributed by atoms with van der Waals surface area (Å²) in [4.78, 5) is 0. The van der Waals surface area contributed by atoms with Gasteiger partial charge in [-0.15, -0.1) is 0 Å². The Kier molecular flexibility index (Phi) is 6.71. The Morgan fingerprint density at radius 3 is 2.32 bits per heavy atom. The molecular weight excluding hydrogens is 238 g/mol. The van der Waals surface area contributed by atoms with Crippen LogP contribution in [0.15, 0.2) is 18.2 Å². The number of rotatable bonds is 8. The lowest BCUT2D eigenvalue weighted by Crippen LogP contribution is -2.35. The maximum atomic E-state index is 5.35. The number of nitrogens with one attached hydrogen (secondary N) is 1. The van der Waals surface area contributed by atoms with E-state index >= 15 is 0 Å². The molecule has 0 aliphatic heterocycles. The highest BCUT2D eigenvalue weighted by Gasteiger charge is 2.15. The summed E-state index contributed by atoms with van der Waals surface area (Å²) in [7, 11) is 3.34. The van der Waals surface area contributed by atoms with Gasteiger partial charge in [-0.25, -0.2) is 0 Å². The normalized spacial score (nSPS) is 13.9. The van der Waals surface area contributed by atoms with E-state index in [1.54, 1.807) is 14.2 Å². The molecule has 1 aromatic rings. The lowest BCUT2D eigenvalue weighted by molar-refractivity contribution is 0.351. The summed E-state index contributed by atoms with van der Waals surface area (Å²) in [6, 6.07) is 6.75. The summed E-state index contributed by atoms with van der Waals surface area (Å²) in [6.07, 6.45) is 2.20. The predicted molar refractivity (Wildman–Crippen MR) is 80.2 cm³/mol. The molecule has 0 spiro atoms. The minimum Gasteiger partial charge on any atom is -0.493 e. The molecule has 108 valence electrons. The van der Waals surface area contributed by atoms with Gasteiger partial charge in [0.25, 0.3) is 0 Å². The Labute approximate surface area is 117 Å². The molecule has 2 unspecified atom stereocenters. The standard InChI is InChI=1S/C16H27NO2/c1-6-14(17-7-2)12(3)10-13-8-9-15(18-4)16(11-13)19-5/h8-9,11-12,14,17H,6-7,10H2,1-5H3. The van der Waals surface area contributed by atoms with Crippen LogP contribution < -0.4 is 14.8 Å². The molecule has 1 rings (SSSR count). The van der Waals surface area contributed by atoms with E-state index in [0.29, 0.717) is 12.0 Å². The third kappa shape index (κ3) is 4.43. The molecule has 0 fully saturated rings. The largest absolute Gasteiger partial charge is 0.493 e. The fourth-order valence-electron chi connectivity index (χ4n) is 2.53. The van der Waals surface area contributed by atoms with E-state index < -0.39 is 0 Å². The van der Waals surface area contributed by atoms with Crippen LogP contribution in [-0.4, -0.2) is 26.8 Å². The second-order valence-electron chi connectivity index (χ2n) is 4.94. The van der Waals surface area contributed by atoms with Gasteiger partial charge < -0.3 is 14.8 Å². The van der Waals surface area contributed by atoms with Crippen LogP contribution in [0.2, 0.25) is 0 Å². The van der Waals surface area contributed by atoms with Crippen LogP contribution in [0.3, 0.4) is 0 Å². The summed E-state index contributed by atoms with van der Waals surface area (Å²) in [5, 5.41) is 3.55. The minimum absolute atomic E-state index is 0.568. The molecule has 0 aliphatic carbocycles. The van der Waals surface area contributed by atoms with Gasteiger partial charge in [-0.2, -0.15) is 0 Å². The van der Waals surface area contributed by atoms with E-state index in [1.165, 1.54) is 5.56 Å². The van der Waals surface area contributed by atoms with Crippen molar-refractivity contribution in [1.82, 2.24) is 5.32 Å². The highest BCUT2D eigenvalue weighted by atomic mass is 16.5. The molecule has 1 N–H and O–H groups in total. The van der Waals surface area contributed by atoms with Gasteiger partial charge in [0.15, 0.2) is 11.5 Å². The monoisotopic (exact) mass is 265 g/mol. The van der Waals surface area contributed by atoms with Crippen LogP contribution in [0.1, 0.15) is 32.8 Å². The van der Waals surface area contributed by atoms with E-state index in [9.17, 15) is 0 Å². The summed E-state index contributed by atoms with van der Waals surface area (Å²) in [5.74, 6) is 2.20. The molecule has 0 aliphatic rings. The van der Waals surface area contributed by atoms with Crippen molar-refractivity contribution in [3.63, 3.8) is 0 Å². The second-order valence-corrected chi connectivity index (χ2v) is 4.94. The number of benzene rings is 1. The third-order valence-electron chi connectivity index (χ3n) is 3.60. The zero-order valence-corrected chi connectivity index (χ0v) is 12.8. The first-order chi connectivity index (χ1) is 9.15. The maximum absolute atomic E-state index is 5.35. The molecular formula is C16H27NO2. The van der Waals surface area contributed by atoms with Crippen molar-refractivity contribution in [3.05, 3.63) is 23.8 Å². The highest BCUT2D eigenvalue weighted by molar-refractivity contribution is 5.43. The fraction of sp³-hybridized carbons (Fsp3) is 0.625. The van der Waals surface area contributed by atoms with Gasteiger partial charge in [0.2, 0.25) is 0 Å². The zero-order chi connectivity index (χ0) is 14.3. The predicted octanol–water partition coefficient (Wildman–Crippen LogP) is 3.27. The Bertz CT molecular complexity index is 379. The van der Waals surface area contributed by atoms with Gasteiger partial charge in [-0.05, 0) is 43.0 Å². The Hall–Kier alpha value is -1.22. The van der Waals surface area contributed by atoms with Crippen molar-refractivity contribution < 1.29 is 9.47 Å². The van der Waals surface area contributed by atoms with Gasteiger partial charge in [0, 0.05) is 6.04 Å². The molecule has 1 aromatic carbocycles. The topological polar surface area (TPSA) is 30.5 Å². The van der Waals surface area contributed by atoms with Crippen LogP contribution in [0, 0.1) is 5.92 Å². The first-order valence-corrected chi connectivity index (χ1v) is 7.10. The maximum Gasteiger partial charge on any atom is 0.160 e. The van der Waals surface area contributed by atoms with Gasteiger partial charge >= 0.3 is 0 Å². The molecule has 0 saturated heterocycles. The molecule has 3 heteroatoms. The molecule has 0 heterocycles. The lowest BCUT2D eigenvalue weighted by Gasteiger charge is -2.24. The first-order valence-electron chi connectivity index (χ1n) is 7.10. The van der Waals surface area contributed by atoms with Crippen molar-refractivity contribution in [3.8, 4) is 11.5 Å². The number of ether oxygens (including phenoxy) is 2. The fourth-order valence-corrected chi connectivity index (χ4v) is 2.53. The number of hydrogen-bond donors (Lipinski definition) is 1. The van der Waals surface area contributed by atoms with Crippen LogP contribution >= 0.6 is 0 Å². The van der Waals surface area contributed by atoms with Gasteiger partial charge in [-0.1, -0.05) is 26.8 Å². The van der Waals surface area contributed by atoms with Crippen molar-refractivity contribution in [2.75, 3.05) is 20.8 Å². The minimum atomic E-state index is 0.568. The lowest BCUT2D eigenvalue weighted by atomic mass is 9.92. The van der Waals surface area contributed by atoms with E-state index in [0.717, 1.165) is 30.9 Å². The van der Waals surface area contributed by atoms with Crippen LogP contribution in [0.4, 0.5) is 0 Å². The van der Waals surface area contributed by atoms with Gasteiger partial charge in [0.1, 0.15) is 0 Å². The molecule has 3 nitrogen and oxygen atoms in total. The third-order valence-corrected chi connectivity index (χ3v) is 3.60. The van der Waals surface area contributed by atoms with E-state index in [-0.39, 0.29) is 0 Å². The second kappa shape index (κ2) is 8.05. The SMILES string of the molecule is CCNC(CC)C(C)Cc1ccc(OC)c(OC)c1. The molecule has 0 aromatic heterocycles. The smallest absolute Gasteiger partial charge is 0.160 e. The zero-order valence-electron chi connectivity index (χ0n) is 12.8. The van der Waals surface area contributed by atoms with E-state index in [4.69, 9.17) is 9.47 Å². The number of methoxy groups -OCH3 is 2. The Balaban J connectivity index is 2.75. The summed E-state index contributed by atoms with van der Waals surface area (Å²) >= 11 is 0. The molecule has 0 saturated carbocycles. The Morgan fingerprint density at radius 1 is 1.11 bits per heavy atom. The highest BCUT2D eigenvalue weighted by Crippen LogP contribution is 2.29. The first kappa shape index (κ1) is 15.8. The van der Waals surface area contributed by atoms with E-state index in [2.05, 4.69) is 38.2 Å². The molecule has 0 amide bonds. The molecule has 0 bridgehead atoms. The van der Waals surface area contributed by atoms with Crippen molar-refractivity contribution in [2.24, 2.45) is 5.92 Å². The van der Waals surface area contributed by atoms with Crippen LogP contribution in [0.25, 0.3) is 0 Å². The number of hydrogen-bond acceptors (Lipinski definition) is 3. The molecule has 2 atom stereocenters. The Morgan fingerprint density at radius 2 is 1.79 bits per heavy atom. The van der Waals surface area contributed by atoms with Crippen molar-refractivity contribution >= 4 is 0 Å².